The molecule has 0 aromatic carbocycles. The average molecular weight is 141 g/mol. The summed E-state index contributed by atoms with van der Waals surface area (Å²) in [5, 5.41) is 0. The van der Waals surface area contributed by atoms with Crippen LogP contribution in [0.5, 0.6) is 0 Å². The molecule has 1 aliphatic heterocycles. The Bertz CT molecular complexity index is 156. The molecule has 1 rings (SSSR count). The van der Waals surface area contributed by atoms with Crippen LogP contribution in [0.15, 0.2) is 12.7 Å². The van der Waals surface area contributed by atoms with E-state index in [1.807, 2.05) is 4.90 Å². The van der Waals surface area contributed by atoms with E-state index in [1.54, 1.807) is 6.08 Å². The van der Waals surface area contributed by atoms with Crippen LogP contribution in [0, 0.1) is 0 Å². The van der Waals surface area contributed by atoms with Crippen molar-refractivity contribution >= 4 is 5.97 Å². The number of nitrogens with zero attached hydrogens (tertiary/aromatic N) is 1. The number of carbonyl (C=O) groups is 1. The van der Waals surface area contributed by atoms with Gasteiger partial charge < -0.3 is 4.74 Å². The summed E-state index contributed by atoms with van der Waals surface area (Å²) in [4.78, 5) is 12.7. The lowest BCUT2D eigenvalue weighted by Crippen LogP contribution is -2.14. The molecule has 56 valence electrons. The van der Waals surface area contributed by atoms with Crippen LogP contribution >= 0.6 is 0 Å². The molecule has 0 saturated carbocycles. The first-order valence-electron chi connectivity index (χ1n) is 3.22. The quantitative estimate of drug-likeness (QED) is 0.315. The molecule has 10 heavy (non-hydrogen) atoms. The van der Waals surface area contributed by atoms with E-state index in [9.17, 15) is 4.79 Å². The number of rotatable bonds is 3. The molecule has 2 atom stereocenters. The highest BCUT2D eigenvalue weighted by atomic mass is 16.5. The molecule has 1 aliphatic rings. The van der Waals surface area contributed by atoms with Crippen LogP contribution in [-0.2, 0) is 9.53 Å². The Balaban J connectivity index is 2.24. The fourth-order valence-electron chi connectivity index (χ4n) is 0.902. The first-order chi connectivity index (χ1) is 4.79. The van der Waals surface area contributed by atoms with Crippen LogP contribution in [0.1, 0.15) is 0 Å². The van der Waals surface area contributed by atoms with Gasteiger partial charge in [0.05, 0.1) is 7.11 Å². The van der Waals surface area contributed by atoms with Crippen molar-refractivity contribution in [1.82, 2.24) is 4.90 Å². The Labute approximate surface area is 60.3 Å². The van der Waals surface area contributed by atoms with E-state index in [4.69, 9.17) is 0 Å². The van der Waals surface area contributed by atoms with E-state index in [0.717, 1.165) is 13.1 Å². The summed E-state index contributed by atoms with van der Waals surface area (Å²) >= 11 is 0. The number of esters is 1. The first-order valence-corrected chi connectivity index (χ1v) is 3.22. The number of ether oxygens (including phenoxy) is 1. The third-order valence-corrected chi connectivity index (χ3v) is 1.55. The third kappa shape index (κ3) is 1.36. The number of methoxy groups -OCH3 is 1. The smallest absolute Gasteiger partial charge is 0.324 e. The zero-order valence-electron chi connectivity index (χ0n) is 6.04. The minimum Gasteiger partial charge on any atom is -0.468 e. The zero-order valence-corrected chi connectivity index (χ0v) is 6.04. The largest absolute Gasteiger partial charge is 0.468 e. The van der Waals surface area contributed by atoms with Crippen molar-refractivity contribution in [2.75, 3.05) is 20.2 Å². The van der Waals surface area contributed by atoms with Crippen LogP contribution in [0.2, 0.25) is 0 Å². The van der Waals surface area contributed by atoms with E-state index in [-0.39, 0.29) is 12.0 Å². The zero-order chi connectivity index (χ0) is 7.56. The Kier molecular flexibility index (Phi) is 2.06. The van der Waals surface area contributed by atoms with Gasteiger partial charge in [-0.2, -0.15) is 0 Å². The Hall–Kier alpha value is -0.830. The Morgan fingerprint density at radius 1 is 2.00 bits per heavy atom. The lowest BCUT2D eigenvalue weighted by molar-refractivity contribution is -0.140. The van der Waals surface area contributed by atoms with E-state index in [1.165, 1.54) is 7.11 Å². The van der Waals surface area contributed by atoms with Gasteiger partial charge in [0.1, 0.15) is 6.04 Å². The van der Waals surface area contributed by atoms with Crippen LogP contribution < -0.4 is 0 Å². The van der Waals surface area contributed by atoms with Gasteiger partial charge in [0.2, 0.25) is 0 Å². The standard InChI is InChI=1S/C7H11NO2/c1-3-4-8-5-6(8)7(9)10-2/h3,6H,1,4-5H2,2H3. The molecule has 0 aromatic rings. The van der Waals surface area contributed by atoms with Crippen molar-refractivity contribution in [3.05, 3.63) is 12.7 Å². The SMILES string of the molecule is C=CCN1CC1C(=O)OC. The van der Waals surface area contributed by atoms with Crippen molar-refractivity contribution in [1.29, 1.82) is 0 Å². The molecular weight excluding hydrogens is 130 g/mol. The van der Waals surface area contributed by atoms with E-state index in [2.05, 4.69) is 11.3 Å². The molecule has 2 unspecified atom stereocenters. The predicted molar refractivity (Wildman–Crippen MR) is 37.6 cm³/mol. The van der Waals surface area contributed by atoms with Crippen LogP contribution in [0.3, 0.4) is 0 Å². The second kappa shape index (κ2) is 2.84. The van der Waals surface area contributed by atoms with Gasteiger partial charge in [-0.05, 0) is 0 Å². The monoisotopic (exact) mass is 141 g/mol. The fourth-order valence-corrected chi connectivity index (χ4v) is 0.902. The summed E-state index contributed by atoms with van der Waals surface area (Å²) in [6.45, 7) is 5.16. The summed E-state index contributed by atoms with van der Waals surface area (Å²) in [5.74, 6) is -0.137. The summed E-state index contributed by atoms with van der Waals surface area (Å²) in [6.07, 6.45) is 1.78. The molecule has 1 saturated heterocycles. The molecule has 1 fully saturated rings. The highest BCUT2D eigenvalue weighted by Crippen LogP contribution is 2.17. The summed E-state index contributed by atoms with van der Waals surface area (Å²) in [7, 11) is 1.41. The van der Waals surface area contributed by atoms with Crippen LogP contribution in [0.25, 0.3) is 0 Å². The van der Waals surface area contributed by atoms with Gasteiger partial charge >= 0.3 is 5.97 Å². The maximum Gasteiger partial charge on any atom is 0.324 e. The lowest BCUT2D eigenvalue weighted by Gasteiger charge is -1.96. The van der Waals surface area contributed by atoms with Crippen LogP contribution in [0.4, 0.5) is 0 Å². The molecule has 3 heteroatoms. The van der Waals surface area contributed by atoms with E-state index in [0.29, 0.717) is 0 Å². The van der Waals surface area contributed by atoms with Crippen LogP contribution in [-0.4, -0.2) is 37.1 Å². The third-order valence-electron chi connectivity index (χ3n) is 1.55. The molecular formula is C7H11NO2. The second-order valence-corrected chi connectivity index (χ2v) is 2.28. The maximum absolute atomic E-state index is 10.8. The molecule has 0 aliphatic carbocycles. The summed E-state index contributed by atoms with van der Waals surface area (Å²) in [6, 6.07) is 0.00278. The minimum absolute atomic E-state index is 0.00278. The first kappa shape index (κ1) is 7.28. The van der Waals surface area contributed by atoms with E-state index >= 15 is 0 Å². The molecule has 0 aromatic heterocycles. The molecule has 1 heterocycles. The summed E-state index contributed by atoms with van der Waals surface area (Å²) in [5.41, 5.74) is 0. The normalized spacial score (nSPS) is 29.3. The van der Waals surface area contributed by atoms with Gasteiger partial charge in [0.15, 0.2) is 0 Å². The molecule has 0 radical (unpaired) electrons. The van der Waals surface area contributed by atoms with Crippen molar-refractivity contribution in [3.63, 3.8) is 0 Å². The highest BCUT2D eigenvalue weighted by molar-refractivity contribution is 5.78. The van der Waals surface area contributed by atoms with Crippen molar-refractivity contribution in [2.24, 2.45) is 0 Å². The van der Waals surface area contributed by atoms with Gasteiger partial charge in [-0.25, -0.2) is 0 Å². The number of carbonyl (C=O) groups excluding carboxylic acids is 1. The van der Waals surface area contributed by atoms with Gasteiger partial charge in [-0.1, -0.05) is 6.08 Å². The molecule has 0 bridgehead atoms. The Morgan fingerprint density at radius 3 is 3.20 bits per heavy atom. The maximum atomic E-state index is 10.8. The second-order valence-electron chi connectivity index (χ2n) is 2.28. The van der Waals surface area contributed by atoms with Crippen molar-refractivity contribution < 1.29 is 9.53 Å². The number of hydrogen-bond acceptors (Lipinski definition) is 3. The van der Waals surface area contributed by atoms with Crippen molar-refractivity contribution in [2.45, 2.75) is 6.04 Å². The lowest BCUT2D eigenvalue weighted by atomic mass is 10.5. The number of hydrogen-bond donors (Lipinski definition) is 0. The van der Waals surface area contributed by atoms with Gasteiger partial charge in [-0.3, -0.25) is 9.69 Å². The molecule has 0 N–H and O–H groups in total. The molecule has 3 nitrogen and oxygen atoms in total. The molecule has 0 amide bonds. The highest BCUT2D eigenvalue weighted by Gasteiger charge is 2.40. The Morgan fingerprint density at radius 2 is 2.70 bits per heavy atom. The molecule has 0 spiro atoms. The predicted octanol–water partition coefficient (Wildman–Crippen LogP) is 0.0296. The van der Waals surface area contributed by atoms with Crippen molar-refractivity contribution in [3.8, 4) is 0 Å². The minimum atomic E-state index is -0.137. The summed E-state index contributed by atoms with van der Waals surface area (Å²) < 4.78 is 4.54. The van der Waals surface area contributed by atoms with Gasteiger partial charge in [0, 0.05) is 13.1 Å². The van der Waals surface area contributed by atoms with Gasteiger partial charge in [-0.15, -0.1) is 6.58 Å². The fraction of sp³-hybridized carbons (Fsp3) is 0.571. The topological polar surface area (TPSA) is 29.3 Å². The van der Waals surface area contributed by atoms with E-state index < -0.39 is 0 Å². The average Bonchev–Trinajstić information content (AvgIpc) is 2.67. The van der Waals surface area contributed by atoms with Gasteiger partial charge in [0.25, 0.3) is 0 Å².